The molecular weight excluding hydrogens is 326 g/mol. The third-order valence-electron chi connectivity index (χ3n) is 5.40. The zero-order valence-corrected chi connectivity index (χ0v) is 16.2. The van der Waals surface area contributed by atoms with E-state index in [9.17, 15) is 4.79 Å². The lowest BCUT2D eigenvalue weighted by Crippen LogP contribution is -2.45. The van der Waals surface area contributed by atoms with Gasteiger partial charge in [-0.3, -0.25) is 4.79 Å². The number of carbonyl (C=O) groups is 1. The molecule has 4 nitrogen and oxygen atoms in total. The smallest absolute Gasteiger partial charge is 0.254 e. The van der Waals surface area contributed by atoms with E-state index in [1.54, 1.807) is 6.07 Å². The summed E-state index contributed by atoms with van der Waals surface area (Å²) in [4.78, 5) is 12.5. The van der Waals surface area contributed by atoms with Gasteiger partial charge in [-0.25, -0.2) is 0 Å². The quantitative estimate of drug-likeness (QED) is 0.856. The number of benzene rings is 1. The van der Waals surface area contributed by atoms with Gasteiger partial charge in [0.15, 0.2) is 0 Å². The summed E-state index contributed by atoms with van der Waals surface area (Å²) >= 11 is 0. The van der Waals surface area contributed by atoms with Crippen LogP contribution in [0.3, 0.4) is 0 Å². The largest absolute Gasteiger partial charge is 0.466 e. The van der Waals surface area contributed by atoms with Crippen LogP contribution in [-0.2, 0) is 10.2 Å². The van der Waals surface area contributed by atoms with Crippen molar-refractivity contribution in [2.45, 2.75) is 58.0 Å². The number of aryl methyl sites for hydroxylation is 2. The van der Waals surface area contributed by atoms with Crippen LogP contribution in [0.1, 0.15) is 60.6 Å². The molecule has 1 aliphatic heterocycles. The Hall–Kier alpha value is -2.07. The second-order valence-corrected chi connectivity index (χ2v) is 8.01. The molecule has 1 atom stereocenters. The second kappa shape index (κ2) is 7.28. The van der Waals surface area contributed by atoms with Crippen LogP contribution in [0.25, 0.3) is 0 Å². The van der Waals surface area contributed by atoms with E-state index in [1.807, 2.05) is 19.9 Å². The Bertz CT molecular complexity index is 763. The molecule has 3 rings (SSSR count). The van der Waals surface area contributed by atoms with Crippen molar-refractivity contribution >= 4 is 5.91 Å². The molecule has 1 aromatic carbocycles. The summed E-state index contributed by atoms with van der Waals surface area (Å²) in [6, 6.07) is 12.4. The Balaban J connectivity index is 1.73. The molecule has 0 aliphatic carbocycles. The van der Waals surface area contributed by atoms with E-state index < -0.39 is 0 Å². The Kier molecular flexibility index (Phi) is 5.24. The zero-order valence-electron chi connectivity index (χ0n) is 16.2. The monoisotopic (exact) mass is 355 g/mol. The summed E-state index contributed by atoms with van der Waals surface area (Å²) < 4.78 is 11.4. The van der Waals surface area contributed by atoms with Gasteiger partial charge in [-0.2, -0.15) is 0 Å². The number of nitrogens with one attached hydrogen (secondary N) is 1. The van der Waals surface area contributed by atoms with Crippen LogP contribution < -0.4 is 5.32 Å². The minimum Gasteiger partial charge on any atom is -0.466 e. The van der Waals surface area contributed by atoms with E-state index in [2.05, 4.69) is 43.4 Å². The van der Waals surface area contributed by atoms with Crippen LogP contribution in [-0.4, -0.2) is 24.7 Å². The highest BCUT2D eigenvalue weighted by Gasteiger charge is 2.41. The van der Waals surface area contributed by atoms with Gasteiger partial charge in [0.25, 0.3) is 5.91 Å². The minimum absolute atomic E-state index is 0.0254. The van der Waals surface area contributed by atoms with Crippen molar-refractivity contribution in [1.82, 2.24) is 5.32 Å². The predicted molar refractivity (Wildman–Crippen MR) is 103 cm³/mol. The number of rotatable bonds is 5. The fraction of sp³-hybridized carbons (Fsp3) is 0.500. The average molecular weight is 355 g/mol. The third kappa shape index (κ3) is 4.01. The first-order chi connectivity index (χ1) is 12.3. The van der Waals surface area contributed by atoms with Crippen molar-refractivity contribution in [3.63, 3.8) is 0 Å². The summed E-state index contributed by atoms with van der Waals surface area (Å²) in [7, 11) is 0. The van der Waals surface area contributed by atoms with E-state index in [-0.39, 0.29) is 16.9 Å². The van der Waals surface area contributed by atoms with Gasteiger partial charge >= 0.3 is 0 Å². The minimum atomic E-state index is -0.156. The number of furan rings is 1. The summed E-state index contributed by atoms with van der Waals surface area (Å²) in [6.45, 7) is 9.37. The molecule has 2 heterocycles. The predicted octanol–water partition coefficient (Wildman–Crippen LogP) is 4.54. The molecular formula is C22H29NO3. The number of amides is 1. The normalized spacial score (nSPS) is 22.2. The van der Waals surface area contributed by atoms with E-state index in [1.165, 1.54) is 5.56 Å². The van der Waals surface area contributed by atoms with Crippen LogP contribution >= 0.6 is 0 Å². The molecule has 4 heteroatoms. The van der Waals surface area contributed by atoms with Crippen molar-refractivity contribution in [3.05, 3.63) is 59.0 Å². The molecule has 1 saturated heterocycles. The Morgan fingerprint density at radius 3 is 2.54 bits per heavy atom. The maximum Gasteiger partial charge on any atom is 0.254 e. The van der Waals surface area contributed by atoms with Gasteiger partial charge in [0, 0.05) is 18.6 Å². The molecule has 1 unspecified atom stereocenters. The molecule has 0 saturated carbocycles. The summed E-state index contributed by atoms with van der Waals surface area (Å²) in [5.41, 5.74) is 1.83. The molecule has 2 aromatic rings. The Morgan fingerprint density at radius 2 is 1.92 bits per heavy atom. The molecule has 140 valence electrons. The molecule has 0 spiro atoms. The van der Waals surface area contributed by atoms with E-state index in [0.717, 1.165) is 31.6 Å². The summed E-state index contributed by atoms with van der Waals surface area (Å²) in [5.74, 6) is 1.37. The van der Waals surface area contributed by atoms with Crippen molar-refractivity contribution in [1.29, 1.82) is 0 Å². The number of ether oxygens (including phenoxy) is 1. The SMILES string of the molecule is Cc1cc(C(=O)NCCC2(c3ccccc3)CCOC(C)(C)C2)c(C)o1. The Morgan fingerprint density at radius 1 is 1.19 bits per heavy atom. The van der Waals surface area contributed by atoms with Crippen molar-refractivity contribution < 1.29 is 13.9 Å². The van der Waals surface area contributed by atoms with Gasteiger partial charge in [-0.05, 0) is 58.6 Å². The maximum atomic E-state index is 12.5. The second-order valence-electron chi connectivity index (χ2n) is 8.01. The number of carbonyl (C=O) groups excluding carboxylic acids is 1. The van der Waals surface area contributed by atoms with Gasteiger partial charge in [0.1, 0.15) is 11.5 Å². The molecule has 26 heavy (non-hydrogen) atoms. The third-order valence-corrected chi connectivity index (χ3v) is 5.40. The molecule has 1 amide bonds. The fourth-order valence-corrected chi connectivity index (χ4v) is 4.24. The van der Waals surface area contributed by atoms with E-state index in [4.69, 9.17) is 9.15 Å². The van der Waals surface area contributed by atoms with Gasteiger partial charge in [0.2, 0.25) is 0 Å². The zero-order chi connectivity index (χ0) is 18.8. The molecule has 0 radical (unpaired) electrons. The summed E-state index contributed by atoms with van der Waals surface area (Å²) in [6.07, 6.45) is 2.81. The Labute approximate surface area is 155 Å². The maximum absolute atomic E-state index is 12.5. The van der Waals surface area contributed by atoms with Gasteiger partial charge in [0.05, 0.1) is 11.2 Å². The van der Waals surface area contributed by atoms with Crippen LogP contribution in [0.4, 0.5) is 0 Å². The summed E-state index contributed by atoms with van der Waals surface area (Å²) in [5, 5.41) is 3.08. The van der Waals surface area contributed by atoms with Crippen LogP contribution in [0.5, 0.6) is 0 Å². The first-order valence-electron chi connectivity index (χ1n) is 9.36. The van der Waals surface area contributed by atoms with Crippen molar-refractivity contribution in [2.24, 2.45) is 0 Å². The van der Waals surface area contributed by atoms with Crippen LogP contribution in [0.2, 0.25) is 0 Å². The standard InChI is InChI=1S/C22H29NO3/c1-16-14-19(17(2)26-16)20(24)23-12-10-22(18-8-6-5-7-9-18)11-13-25-21(3,4)15-22/h5-9,14H,10-13,15H2,1-4H3,(H,23,24). The van der Waals surface area contributed by atoms with Crippen molar-refractivity contribution in [3.8, 4) is 0 Å². The molecule has 0 bridgehead atoms. The van der Waals surface area contributed by atoms with Gasteiger partial charge in [-0.1, -0.05) is 30.3 Å². The average Bonchev–Trinajstić information content (AvgIpc) is 2.93. The van der Waals surface area contributed by atoms with Gasteiger partial charge in [-0.15, -0.1) is 0 Å². The van der Waals surface area contributed by atoms with Crippen molar-refractivity contribution in [2.75, 3.05) is 13.2 Å². The lowest BCUT2D eigenvalue weighted by Gasteiger charge is -2.45. The highest BCUT2D eigenvalue weighted by Crippen LogP contribution is 2.43. The first kappa shape index (κ1) is 18.7. The number of hydrogen-bond donors (Lipinski definition) is 1. The molecule has 1 aliphatic rings. The van der Waals surface area contributed by atoms with Crippen LogP contribution in [0.15, 0.2) is 40.8 Å². The topological polar surface area (TPSA) is 51.5 Å². The molecule has 1 N–H and O–H groups in total. The van der Waals surface area contributed by atoms with E-state index in [0.29, 0.717) is 17.9 Å². The van der Waals surface area contributed by atoms with Gasteiger partial charge < -0.3 is 14.5 Å². The molecule has 1 aromatic heterocycles. The fourth-order valence-electron chi connectivity index (χ4n) is 4.24. The molecule has 1 fully saturated rings. The highest BCUT2D eigenvalue weighted by molar-refractivity contribution is 5.95. The van der Waals surface area contributed by atoms with Crippen LogP contribution in [0, 0.1) is 13.8 Å². The number of hydrogen-bond acceptors (Lipinski definition) is 3. The lowest BCUT2D eigenvalue weighted by atomic mass is 9.67. The van der Waals surface area contributed by atoms with E-state index >= 15 is 0 Å². The first-order valence-corrected chi connectivity index (χ1v) is 9.36. The highest BCUT2D eigenvalue weighted by atomic mass is 16.5. The lowest BCUT2D eigenvalue weighted by molar-refractivity contribution is -0.0838.